The fraction of sp³-hybridized carbons (Fsp3) is 0.588. The van der Waals surface area contributed by atoms with Crippen LogP contribution in [0.5, 0.6) is 5.75 Å². The highest BCUT2D eigenvalue weighted by Crippen LogP contribution is 2.19. The van der Waals surface area contributed by atoms with Gasteiger partial charge in [0.05, 0.1) is 6.61 Å². The van der Waals surface area contributed by atoms with Crippen molar-refractivity contribution in [2.45, 2.75) is 51.5 Å². The summed E-state index contributed by atoms with van der Waals surface area (Å²) >= 11 is 0. The number of hydrogen-bond donors (Lipinski definition) is 2. The average molecular weight is 293 g/mol. The molecule has 1 aromatic carbocycles. The Morgan fingerprint density at radius 1 is 1.29 bits per heavy atom. The van der Waals surface area contributed by atoms with Gasteiger partial charge in [-0.15, -0.1) is 0 Å². The molecular weight excluding hydrogens is 266 g/mol. The maximum atomic E-state index is 11.1. The van der Waals surface area contributed by atoms with E-state index in [0.717, 1.165) is 18.6 Å². The lowest BCUT2D eigenvalue weighted by molar-refractivity contribution is -0.144. The van der Waals surface area contributed by atoms with Crippen molar-refractivity contribution in [1.29, 1.82) is 0 Å². The zero-order valence-electron chi connectivity index (χ0n) is 13.5. The number of hydrogen-bond acceptors (Lipinski definition) is 3. The molecule has 0 aliphatic carbocycles. The van der Waals surface area contributed by atoms with Gasteiger partial charge in [0, 0.05) is 0 Å². The van der Waals surface area contributed by atoms with Gasteiger partial charge in [-0.3, -0.25) is 4.79 Å². The number of carboxylic acids is 1. The summed E-state index contributed by atoms with van der Waals surface area (Å²) in [6, 6.07) is 8.15. The first-order valence-corrected chi connectivity index (χ1v) is 7.54. The maximum absolute atomic E-state index is 11.1. The zero-order valence-corrected chi connectivity index (χ0v) is 13.5. The number of carboxylic acid groups (broad SMARTS) is 1. The fourth-order valence-electron chi connectivity index (χ4n) is 2.06. The van der Waals surface area contributed by atoms with E-state index in [2.05, 4.69) is 31.3 Å². The summed E-state index contributed by atoms with van der Waals surface area (Å²) in [7, 11) is 1.68. The normalized spacial score (nSPS) is 14.0. The van der Waals surface area contributed by atoms with Gasteiger partial charge in [0.25, 0.3) is 0 Å². The molecule has 4 heteroatoms. The number of rotatable bonds is 9. The third-order valence-corrected chi connectivity index (χ3v) is 3.91. The Hall–Kier alpha value is -1.55. The van der Waals surface area contributed by atoms with Crippen molar-refractivity contribution in [3.63, 3.8) is 0 Å². The van der Waals surface area contributed by atoms with Gasteiger partial charge in [0.2, 0.25) is 0 Å². The second-order valence-corrected chi connectivity index (χ2v) is 5.92. The number of ether oxygens (including phenoxy) is 1. The highest BCUT2D eigenvalue weighted by atomic mass is 16.5. The minimum absolute atomic E-state index is 0.522. The molecule has 0 radical (unpaired) electrons. The summed E-state index contributed by atoms with van der Waals surface area (Å²) in [6.45, 7) is 6.65. The highest BCUT2D eigenvalue weighted by molar-refractivity contribution is 5.78. The Labute approximate surface area is 127 Å². The van der Waals surface area contributed by atoms with Crippen LogP contribution in [0.4, 0.5) is 0 Å². The molecule has 1 unspecified atom stereocenters. The molecule has 1 atom stereocenters. The van der Waals surface area contributed by atoms with E-state index in [1.165, 1.54) is 5.56 Å². The van der Waals surface area contributed by atoms with E-state index in [4.69, 9.17) is 9.84 Å². The first kappa shape index (κ1) is 17.5. The van der Waals surface area contributed by atoms with Crippen molar-refractivity contribution in [1.82, 2.24) is 5.32 Å². The van der Waals surface area contributed by atoms with Crippen LogP contribution in [-0.4, -0.2) is 30.3 Å². The Kier molecular flexibility index (Phi) is 6.69. The van der Waals surface area contributed by atoms with Crippen LogP contribution in [0, 0.1) is 0 Å². The molecule has 0 aliphatic heterocycles. The summed E-state index contributed by atoms with van der Waals surface area (Å²) in [5.74, 6) is 0.582. The molecule has 0 heterocycles. The number of unbranched alkanes of at least 4 members (excludes halogenated alkanes) is 1. The van der Waals surface area contributed by atoms with Gasteiger partial charge in [-0.2, -0.15) is 0 Å². The van der Waals surface area contributed by atoms with Crippen molar-refractivity contribution < 1.29 is 14.6 Å². The van der Waals surface area contributed by atoms with Crippen molar-refractivity contribution in [3.8, 4) is 5.75 Å². The zero-order chi connectivity index (χ0) is 15.9. The van der Waals surface area contributed by atoms with Gasteiger partial charge in [0.1, 0.15) is 11.3 Å². The minimum Gasteiger partial charge on any atom is -0.494 e. The van der Waals surface area contributed by atoms with Crippen LogP contribution < -0.4 is 10.1 Å². The van der Waals surface area contributed by atoms with E-state index < -0.39 is 11.5 Å². The number of aliphatic carboxylic acids is 1. The van der Waals surface area contributed by atoms with Crippen LogP contribution in [-0.2, 0) is 4.79 Å². The lowest BCUT2D eigenvalue weighted by Crippen LogP contribution is -2.47. The number of likely N-dealkylation sites (N-methyl/N-ethyl adjacent to an activating group) is 1. The monoisotopic (exact) mass is 293 g/mol. The lowest BCUT2D eigenvalue weighted by atomic mass is 9.95. The van der Waals surface area contributed by atoms with Crippen LogP contribution in [0.15, 0.2) is 24.3 Å². The van der Waals surface area contributed by atoms with Crippen LogP contribution in [0.1, 0.15) is 51.5 Å². The second-order valence-electron chi connectivity index (χ2n) is 5.92. The highest BCUT2D eigenvalue weighted by Gasteiger charge is 2.29. The number of benzene rings is 1. The third kappa shape index (κ3) is 5.38. The predicted octanol–water partition coefficient (Wildman–Crippen LogP) is 3.42. The minimum atomic E-state index is -0.848. The summed E-state index contributed by atoms with van der Waals surface area (Å²) in [5.41, 5.74) is 0.451. The van der Waals surface area contributed by atoms with E-state index in [-0.39, 0.29) is 0 Å². The Bertz CT molecular complexity index is 442. The summed E-state index contributed by atoms with van der Waals surface area (Å²) in [6.07, 6.45) is 2.25. The Morgan fingerprint density at radius 2 is 1.90 bits per heavy atom. The first-order chi connectivity index (χ1) is 9.89. The Morgan fingerprint density at radius 3 is 2.38 bits per heavy atom. The number of carbonyl (C=O) groups is 1. The SMILES string of the molecule is CNC(C)(CCCCOc1ccc(C(C)C)cc1)C(=O)O. The van der Waals surface area contributed by atoms with Gasteiger partial charge in [-0.05, 0) is 56.8 Å². The van der Waals surface area contributed by atoms with Crippen LogP contribution in [0.3, 0.4) is 0 Å². The molecule has 2 N–H and O–H groups in total. The van der Waals surface area contributed by atoms with E-state index in [9.17, 15) is 4.79 Å². The van der Waals surface area contributed by atoms with Crippen LogP contribution in [0.25, 0.3) is 0 Å². The van der Waals surface area contributed by atoms with Gasteiger partial charge in [-0.25, -0.2) is 0 Å². The quantitative estimate of drug-likeness (QED) is 0.685. The molecule has 4 nitrogen and oxygen atoms in total. The summed E-state index contributed by atoms with van der Waals surface area (Å²) < 4.78 is 5.68. The molecule has 0 amide bonds. The molecule has 0 aliphatic rings. The molecule has 21 heavy (non-hydrogen) atoms. The molecular formula is C17H27NO3. The lowest BCUT2D eigenvalue weighted by Gasteiger charge is -2.23. The largest absolute Gasteiger partial charge is 0.494 e. The molecule has 0 bridgehead atoms. The van der Waals surface area contributed by atoms with E-state index in [0.29, 0.717) is 18.9 Å². The molecule has 1 rings (SSSR count). The molecule has 118 valence electrons. The van der Waals surface area contributed by atoms with Crippen molar-refractivity contribution in [3.05, 3.63) is 29.8 Å². The van der Waals surface area contributed by atoms with Crippen molar-refractivity contribution >= 4 is 5.97 Å². The van der Waals surface area contributed by atoms with E-state index >= 15 is 0 Å². The van der Waals surface area contributed by atoms with Gasteiger partial charge in [0.15, 0.2) is 0 Å². The predicted molar refractivity (Wildman–Crippen MR) is 85.0 cm³/mol. The molecule has 0 saturated heterocycles. The van der Waals surface area contributed by atoms with Crippen molar-refractivity contribution in [2.75, 3.05) is 13.7 Å². The molecule has 0 spiro atoms. The maximum Gasteiger partial charge on any atom is 0.323 e. The number of nitrogens with one attached hydrogen (secondary N) is 1. The molecule has 1 aromatic rings. The smallest absolute Gasteiger partial charge is 0.323 e. The Balaban J connectivity index is 2.30. The standard InChI is InChI=1S/C17H27NO3/c1-13(2)14-7-9-15(10-8-14)21-12-6-5-11-17(3,18-4)16(19)20/h7-10,13,18H,5-6,11-12H2,1-4H3,(H,19,20). The molecule has 0 aromatic heterocycles. The van der Waals surface area contributed by atoms with E-state index in [1.807, 2.05) is 12.1 Å². The average Bonchev–Trinajstić information content (AvgIpc) is 2.46. The molecule has 0 saturated carbocycles. The molecule has 0 fully saturated rings. The van der Waals surface area contributed by atoms with Gasteiger partial charge < -0.3 is 15.2 Å². The summed E-state index contributed by atoms with van der Waals surface area (Å²) in [4.78, 5) is 11.1. The fourth-order valence-corrected chi connectivity index (χ4v) is 2.06. The van der Waals surface area contributed by atoms with Gasteiger partial charge >= 0.3 is 5.97 Å². The first-order valence-electron chi connectivity index (χ1n) is 7.54. The van der Waals surface area contributed by atoms with Gasteiger partial charge in [-0.1, -0.05) is 26.0 Å². The van der Waals surface area contributed by atoms with Crippen molar-refractivity contribution in [2.24, 2.45) is 0 Å². The topological polar surface area (TPSA) is 58.6 Å². The van der Waals surface area contributed by atoms with Crippen LogP contribution >= 0.6 is 0 Å². The summed E-state index contributed by atoms with van der Waals surface area (Å²) in [5, 5.41) is 12.0. The van der Waals surface area contributed by atoms with E-state index in [1.54, 1.807) is 14.0 Å². The third-order valence-electron chi connectivity index (χ3n) is 3.91. The van der Waals surface area contributed by atoms with Crippen LogP contribution in [0.2, 0.25) is 0 Å². The second kappa shape index (κ2) is 8.03.